The number of amides is 2. The fourth-order valence-corrected chi connectivity index (χ4v) is 2.44. The zero-order valence-corrected chi connectivity index (χ0v) is 14.6. The van der Waals surface area contributed by atoms with E-state index in [1.54, 1.807) is 55.6 Å². The molecule has 26 heavy (non-hydrogen) atoms. The molecule has 0 saturated heterocycles. The van der Waals surface area contributed by atoms with Gasteiger partial charge in [0.2, 0.25) is 5.95 Å². The van der Waals surface area contributed by atoms with E-state index < -0.39 is 0 Å². The molecule has 1 N–H and O–H groups in total. The molecule has 0 aliphatic heterocycles. The molecule has 0 bridgehead atoms. The van der Waals surface area contributed by atoms with Gasteiger partial charge in [-0.2, -0.15) is 4.98 Å². The van der Waals surface area contributed by atoms with Crippen LogP contribution in [0.1, 0.15) is 20.7 Å². The van der Waals surface area contributed by atoms with Gasteiger partial charge in [0.15, 0.2) is 0 Å². The van der Waals surface area contributed by atoms with Crippen LogP contribution >= 0.6 is 11.6 Å². The predicted octanol–water partition coefficient (Wildman–Crippen LogP) is 3.66. The summed E-state index contributed by atoms with van der Waals surface area (Å²) in [5.74, 6) is -0.312. The standard InChI is InChI=1S/C19H15ClN4O2/c1-24(18(26)14-10-6-3-7-11-14)19-21-15(20)12-16(23-19)22-17(25)13-8-4-2-5-9-13/h2-12H,1H3,(H,21,22,23,25). The highest BCUT2D eigenvalue weighted by atomic mass is 35.5. The SMILES string of the molecule is CN(C(=O)c1ccccc1)c1nc(Cl)cc(NC(=O)c2ccccc2)n1. The number of halogens is 1. The average molecular weight is 367 g/mol. The van der Waals surface area contributed by atoms with Crippen molar-refractivity contribution in [3.8, 4) is 0 Å². The van der Waals surface area contributed by atoms with Crippen molar-refractivity contribution < 1.29 is 9.59 Å². The smallest absolute Gasteiger partial charge is 0.260 e. The number of carbonyl (C=O) groups is 2. The molecule has 0 spiro atoms. The van der Waals surface area contributed by atoms with Crippen LogP contribution in [0.25, 0.3) is 0 Å². The molecule has 0 radical (unpaired) electrons. The Balaban J connectivity index is 1.83. The lowest BCUT2D eigenvalue weighted by molar-refractivity contribution is 0.0990. The van der Waals surface area contributed by atoms with Gasteiger partial charge in [0, 0.05) is 24.2 Å². The third-order valence-corrected chi connectivity index (χ3v) is 3.78. The minimum absolute atomic E-state index is 0.0923. The third kappa shape index (κ3) is 4.04. The van der Waals surface area contributed by atoms with Crippen molar-refractivity contribution in [3.05, 3.63) is 83.0 Å². The molecular weight excluding hydrogens is 352 g/mol. The molecule has 1 heterocycles. The van der Waals surface area contributed by atoms with Gasteiger partial charge in [-0.1, -0.05) is 48.0 Å². The Morgan fingerprint density at radius 1 is 0.923 bits per heavy atom. The Morgan fingerprint density at radius 2 is 1.50 bits per heavy atom. The first kappa shape index (κ1) is 17.6. The van der Waals surface area contributed by atoms with E-state index >= 15 is 0 Å². The maximum atomic E-state index is 12.5. The van der Waals surface area contributed by atoms with Crippen LogP contribution in [-0.2, 0) is 0 Å². The van der Waals surface area contributed by atoms with Gasteiger partial charge in [-0.05, 0) is 24.3 Å². The van der Waals surface area contributed by atoms with Crippen LogP contribution in [0.4, 0.5) is 11.8 Å². The molecule has 3 rings (SSSR count). The largest absolute Gasteiger partial charge is 0.306 e. The zero-order chi connectivity index (χ0) is 18.5. The van der Waals surface area contributed by atoms with Crippen molar-refractivity contribution in [1.29, 1.82) is 0 Å². The first-order valence-electron chi connectivity index (χ1n) is 7.78. The second-order valence-corrected chi connectivity index (χ2v) is 5.81. The zero-order valence-electron chi connectivity index (χ0n) is 13.9. The summed E-state index contributed by atoms with van der Waals surface area (Å²) >= 11 is 6.03. The molecule has 0 atom stereocenters. The van der Waals surface area contributed by atoms with E-state index in [2.05, 4.69) is 15.3 Å². The number of hydrogen-bond donors (Lipinski definition) is 1. The second-order valence-electron chi connectivity index (χ2n) is 5.43. The van der Waals surface area contributed by atoms with Crippen molar-refractivity contribution in [3.63, 3.8) is 0 Å². The lowest BCUT2D eigenvalue weighted by Crippen LogP contribution is -2.28. The quantitative estimate of drug-likeness (QED) is 0.715. The van der Waals surface area contributed by atoms with Gasteiger partial charge < -0.3 is 5.32 Å². The van der Waals surface area contributed by atoms with Gasteiger partial charge in [0.1, 0.15) is 11.0 Å². The summed E-state index contributed by atoms with van der Waals surface area (Å²) in [5, 5.41) is 2.78. The first-order valence-corrected chi connectivity index (χ1v) is 8.16. The summed E-state index contributed by atoms with van der Waals surface area (Å²) in [5.41, 5.74) is 0.978. The Labute approximate surface area is 155 Å². The summed E-state index contributed by atoms with van der Waals surface area (Å²) in [4.78, 5) is 34.4. The van der Waals surface area contributed by atoms with Gasteiger partial charge in [0.25, 0.3) is 11.8 Å². The molecule has 0 saturated carbocycles. The molecule has 130 valence electrons. The number of anilines is 2. The number of rotatable bonds is 4. The van der Waals surface area contributed by atoms with Crippen molar-refractivity contribution in [2.75, 3.05) is 17.3 Å². The Bertz CT molecular complexity index is 933. The molecule has 0 aliphatic rings. The average Bonchev–Trinajstić information content (AvgIpc) is 2.67. The van der Waals surface area contributed by atoms with E-state index in [4.69, 9.17) is 11.6 Å². The molecule has 3 aromatic rings. The predicted molar refractivity (Wildman–Crippen MR) is 101 cm³/mol. The molecule has 2 amide bonds. The Kier molecular flexibility index (Phi) is 5.24. The van der Waals surface area contributed by atoms with Crippen LogP contribution in [-0.4, -0.2) is 28.8 Å². The van der Waals surface area contributed by atoms with E-state index in [0.29, 0.717) is 11.1 Å². The molecule has 6 nitrogen and oxygen atoms in total. The minimum atomic E-state index is -0.330. The Morgan fingerprint density at radius 3 is 2.12 bits per heavy atom. The maximum Gasteiger partial charge on any atom is 0.260 e. The van der Waals surface area contributed by atoms with Gasteiger partial charge in [0.05, 0.1) is 0 Å². The summed E-state index contributed by atoms with van der Waals surface area (Å²) in [7, 11) is 1.55. The van der Waals surface area contributed by atoms with Crippen LogP contribution in [0, 0.1) is 0 Å². The number of nitrogens with zero attached hydrogens (tertiary/aromatic N) is 3. The number of nitrogens with one attached hydrogen (secondary N) is 1. The highest BCUT2D eigenvalue weighted by molar-refractivity contribution is 6.29. The normalized spacial score (nSPS) is 10.2. The lowest BCUT2D eigenvalue weighted by Gasteiger charge is -2.16. The summed E-state index contributed by atoms with van der Waals surface area (Å²) in [6, 6.07) is 18.9. The van der Waals surface area contributed by atoms with Gasteiger partial charge in [-0.3, -0.25) is 14.5 Å². The van der Waals surface area contributed by atoms with E-state index in [1.165, 1.54) is 11.0 Å². The van der Waals surface area contributed by atoms with Crippen molar-refractivity contribution in [2.45, 2.75) is 0 Å². The fourth-order valence-electron chi connectivity index (χ4n) is 2.26. The van der Waals surface area contributed by atoms with Gasteiger partial charge >= 0.3 is 0 Å². The molecule has 7 heteroatoms. The third-order valence-electron chi connectivity index (χ3n) is 3.59. The summed E-state index contributed by atoms with van der Waals surface area (Å²) in [6.07, 6.45) is 0. The maximum absolute atomic E-state index is 12.5. The second kappa shape index (κ2) is 7.76. The molecular formula is C19H15ClN4O2. The van der Waals surface area contributed by atoms with Crippen LogP contribution in [0.2, 0.25) is 5.15 Å². The molecule has 2 aromatic carbocycles. The van der Waals surface area contributed by atoms with E-state index in [9.17, 15) is 9.59 Å². The van der Waals surface area contributed by atoms with Crippen LogP contribution in [0.15, 0.2) is 66.7 Å². The van der Waals surface area contributed by atoms with Crippen molar-refractivity contribution in [1.82, 2.24) is 9.97 Å². The van der Waals surface area contributed by atoms with E-state index in [0.717, 1.165) is 0 Å². The number of benzene rings is 2. The Hall–Kier alpha value is -3.25. The summed E-state index contributed by atoms with van der Waals surface area (Å²) < 4.78 is 0. The van der Waals surface area contributed by atoms with Gasteiger partial charge in [-0.15, -0.1) is 0 Å². The van der Waals surface area contributed by atoms with Crippen LogP contribution in [0.5, 0.6) is 0 Å². The molecule has 0 unspecified atom stereocenters. The summed E-state index contributed by atoms with van der Waals surface area (Å²) in [6.45, 7) is 0. The monoisotopic (exact) mass is 366 g/mol. The highest BCUT2D eigenvalue weighted by Gasteiger charge is 2.17. The lowest BCUT2D eigenvalue weighted by atomic mass is 10.2. The topological polar surface area (TPSA) is 75.2 Å². The molecule has 1 aromatic heterocycles. The minimum Gasteiger partial charge on any atom is -0.306 e. The fraction of sp³-hybridized carbons (Fsp3) is 0.0526. The van der Waals surface area contributed by atoms with Gasteiger partial charge in [-0.25, -0.2) is 4.98 Å². The number of hydrogen-bond acceptors (Lipinski definition) is 4. The number of aromatic nitrogens is 2. The van der Waals surface area contributed by atoms with Crippen LogP contribution < -0.4 is 10.2 Å². The number of carbonyl (C=O) groups excluding carboxylic acids is 2. The van der Waals surface area contributed by atoms with E-state index in [-0.39, 0.29) is 28.7 Å². The molecule has 0 aliphatic carbocycles. The van der Waals surface area contributed by atoms with E-state index in [1.807, 2.05) is 12.1 Å². The van der Waals surface area contributed by atoms with Crippen molar-refractivity contribution >= 4 is 35.2 Å². The molecule has 0 fully saturated rings. The highest BCUT2D eigenvalue weighted by Crippen LogP contribution is 2.19. The van der Waals surface area contributed by atoms with Crippen LogP contribution in [0.3, 0.4) is 0 Å². The first-order chi connectivity index (χ1) is 12.5. The van der Waals surface area contributed by atoms with Crippen molar-refractivity contribution in [2.24, 2.45) is 0 Å².